The van der Waals surface area contributed by atoms with Gasteiger partial charge >= 0.3 is 17.1 Å². The van der Waals surface area contributed by atoms with E-state index in [1.54, 1.807) is 0 Å². The standard InChI is InChI=1S/2C6H6O5S.Fe/c2*7-5-2-1-4(3-6(5)8)12(9,10)11;/h2*1-3,7-8H,(H,9,10,11);/q;;+2/p-2. The Hall–Kier alpha value is -2.02. The van der Waals surface area contributed by atoms with Crippen LogP contribution in [0, 0.1) is 0 Å². The number of benzene rings is 2. The van der Waals surface area contributed by atoms with E-state index >= 15 is 0 Å². The van der Waals surface area contributed by atoms with E-state index in [4.69, 9.17) is 20.4 Å². The molecule has 2 aromatic carbocycles. The Morgan fingerprint density at radius 3 is 1.08 bits per heavy atom. The van der Waals surface area contributed by atoms with Crippen molar-refractivity contribution in [3.8, 4) is 23.0 Å². The third kappa shape index (κ3) is 6.78. The summed E-state index contributed by atoms with van der Waals surface area (Å²) in [7, 11) is -9.13. The molecular weight excluding hydrogens is 424 g/mol. The molecule has 0 saturated heterocycles. The van der Waals surface area contributed by atoms with E-state index in [1.165, 1.54) is 0 Å². The van der Waals surface area contributed by atoms with Crippen LogP contribution in [0.5, 0.6) is 23.0 Å². The number of phenolic OH excluding ortho intramolecular Hbond substituents is 4. The zero-order chi connectivity index (χ0) is 18.7. The second-order valence-corrected chi connectivity index (χ2v) is 6.97. The van der Waals surface area contributed by atoms with Crippen LogP contribution in [-0.4, -0.2) is 46.4 Å². The van der Waals surface area contributed by atoms with Gasteiger partial charge in [0.25, 0.3) is 0 Å². The first-order valence-corrected chi connectivity index (χ1v) is 8.60. The van der Waals surface area contributed by atoms with Crippen molar-refractivity contribution in [1.29, 1.82) is 0 Å². The topological polar surface area (TPSA) is 195 Å². The van der Waals surface area contributed by atoms with Crippen molar-refractivity contribution in [2.75, 3.05) is 0 Å². The van der Waals surface area contributed by atoms with Crippen LogP contribution < -0.4 is 0 Å². The first kappa shape index (κ1) is 23.0. The SMILES string of the molecule is O=S(=O)([O-])c1ccc(O)c(O)c1.O=S(=O)([O-])c1ccc(O)c(O)c1.[Fe+2]. The van der Waals surface area contributed by atoms with E-state index in [9.17, 15) is 25.9 Å². The van der Waals surface area contributed by atoms with Gasteiger partial charge in [-0.2, -0.15) is 0 Å². The quantitative estimate of drug-likeness (QED) is 0.284. The predicted octanol–water partition coefficient (Wildman–Crippen LogP) is 0.00130. The van der Waals surface area contributed by atoms with Gasteiger partial charge in [0.1, 0.15) is 20.2 Å². The molecule has 2 rings (SSSR count). The number of aromatic hydroxyl groups is 4. The van der Waals surface area contributed by atoms with Gasteiger partial charge in [0.05, 0.1) is 9.79 Å². The third-order valence-electron chi connectivity index (χ3n) is 2.47. The molecule has 0 aromatic heterocycles. The molecule has 0 bridgehead atoms. The molecule has 4 N–H and O–H groups in total. The normalized spacial score (nSPS) is 11.0. The van der Waals surface area contributed by atoms with Gasteiger partial charge in [0.15, 0.2) is 23.0 Å². The number of phenols is 4. The summed E-state index contributed by atoms with van der Waals surface area (Å²) in [6.45, 7) is 0. The van der Waals surface area contributed by atoms with Gasteiger partial charge in [-0.3, -0.25) is 0 Å². The van der Waals surface area contributed by atoms with Gasteiger partial charge in [0.2, 0.25) is 0 Å². The van der Waals surface area contributed by atoms with Crippen LogP contribution in [0.3, 0.4) is 0 Å². The van der Waals surface area contributed by atoms with E-state index in [0.717, 1.165) is 24.3 Å². The number of hydrogen-bond donors (Lipinski definition) is 4. The second-order valence-electron chi connectivity index (χ2n) is 4.21. The van der Waals surface area contributed by atoms with Crippen molar-refractivity contribution < 1.29 is 63.4 Å². The van der Waals surface area contributed by atoms with E-state index in [-0.39, 0.29) is 17.1 Å². The fraction of sp³-hybridized carbons (Fsp3) is 0. The summed E-state index contributed by atoms with van der Waals surface area (Å²) in [5.41, 5.74) is 0. The van der Waals surface area contributed by atoms with Gasteiger partial charge < -0.3 is 29.5 Å². The fourth-order valence-electron chi connectivity index (χ4n) is 1.32. The Bertz CT molecular complexity index is 874. The molecule has 0 aliphatic rings. The van der Waals surface area contributed by atoms with Gasteiger partial charge in [0, 0.05) is 12.1 Å². The van der Waals surface area contributed by atoms with Crippen molar-refractivity contribution in [2.24, 2.45) is 0 Å². The molecule has 10 nitrogen and oxygen atoms in total. The molecule has 13 heteroatoms. The Morgan fingerprint density at radius 1 is 0.600 bits per heavy atom. The number of hydrogen-bond acceptors (Lipinski definition) is 10. The van der Waals surface area contributed by atoms with Crippen molar-refractivity contribution in [2.45, 2.75) is 9.79 Å². The van der Waals surface area contributed by atoms with E-state index in [1.807, 2.05) is 0 Å². The first-order valence-electron chi connectivity index (χ1n) is 5.78. The van der Waals surface area contributed by atoms with Crippen LogP contribution >= 0.6 is 0 Å². The summed E-state index contributed by atoms with van der Waals surface area (Å²) in [6.07, 6.45) is 0. The summed E-state index contributed by atoms with van der Waals surface area (Å²) < 4.78 is 62.1. The van der Waals surface area contributed by atoms with Crippen LogP contribution in [0.1, 0.15) is 0 Å². The molecule has 0 unspecified atom stereocenters. The zero-order valence-corrected chi connectivity index (χ0v) is 14.6. The minimum absolute atomic E-state index is 0. The summed E-state index contributed by atoms with van der Waals surface area (Å²) in [6, 6.07) is 5.07. The molecular formula is C12H10FeO10S2. The van der Waals surface area contributed by atoms with Gasteiger partial charge in [-0.25, -0.2) is 16.8 Å². The van der Waals surface area contributed by atoms with Crippen molar-refractivity contribution in [3.05, 3.63) is 36.4 Å². The minimum Gasteiger partial charge on any atom is -0.744 e. The molecule has 138 valence electrons. The molecule has 0 spiro atoms. The molecule has 2 aromatic rings. The van der Waals surface area contributed by atoms with Gasteiger partial charge in [-0.15, -0.1) is 0 Å². The first-order chi connectivity index (χ1) is 10.8. The molecule has 0 heterocycles. The molecule has 0 amide bonds. The number of rotatable bonds is 2. The molecule has 0 fully saturated rings. The van der Waals surface area contributed by atoms with Gasteiger partial charge in [-0.1, -0.05) is 0 Å². The summed E-state index contributed by atoms with van der Waals surface area (Å²) in [5, 5.41) is 35.1. The summed E-state index contributed by atoms with van der Waals surface area (Å²) in [5.74, 6) is -2.20. The molecule has 0 saturated carbocycles. The Labute approximate surface area is 153 Å². The molecule has 0 aliphatic carbocycles. The van der Waals surface area contributed by atoms with Crippen molar-refractivity contribution in [3.63, 3.8) is 0 Å². The zero-order valence-electron chi connectivity index (χ0n) is 11.9. The van der Waals surface area contributed by atoms with Crippen molar-refractivity contribution >= 4 is 20.2 Å². The monoisotopic (exact) mass is 434 g/mol. The Balaban J connectivity index is 0.000000443. The average molecular weight is 434 g/mol. The van der Waals surface area contributed by atoms with Crippen LogP contribution in [-0.2, 0) is 37.3 Å². The summed E-state index contributed by atoms with van der Waals surface area (Å²) >= 11 is 0. The van der Waals surface area contributed by atoms with E-state index < -0.39 is 53.0 Å². The van der Waals surface area contributed by atoms with Crippen LogP contribution in [0.4, 0.5) is 0 Å². The minimum atomic E-state index is -4.56. The van der Waals surface area contributed by atoms with Crippen LogP contribution in [0.2, 0.25) is 0 Å². The fourth-order valence-corrected chi connectivity index (χ4v) is 2.30. The largest absolute Gasteiger partial charge is 2.00 e. The van der Waals surface area contributed by atoms with Crippen LogP contribution in [0.25, 0.3) is 0 Å². The third-order valence-corrected chi connectivity index (χ3v) is 4.13. The van der Waals surface area contributed by atoms with Crippen molar-refractivity contribution in [1.82, 2.24) is 0 Å². The second kappa shape index (κ2) is 8.38. The molecule has 25 heavy (non-hydrogen) atoms. The smallest absolute Gasteiger partial charge is 0.744 e. The molecule has 0 atom stereocenters. The van der Waals surface area contributed by atoms with Crippen LogP contribution in [0.15, 0.2) is 46.2 Å². The Morgan fingerprint density at radius 2 is 0.880 bits per heavy atom. The van der Waals surface area contributed by atoms with E-state index in [2.05, 4.69) is 0 Å². The average Bonchev–Trinajstić information content (AvgIpc) is 2.43. The summed E-state index contributed by atoms with van der Waals surface area (Å²) in [4.78, 5) is -1.14. The predicted molar refractivity (Wildman–Crippen MR) is 75.5 cm³/mol. The molecule has 0 aliphatic heterocycles. The maximum absolute atomic E-state index is 10.3. The maximum atomic E-state index is 10.3. The molecule has 0 radical (unpaired) electrons. The van der Waals surface area contributed by atoms with E-state index in [0.29, 0.717) is 12.1 Å². The van der Waals surface area contributed by atoms with Gasteiger partial charge in [-0.05, 0) is 24.3 Å². The Kier molecular flexibility index (Phi) is 7.70. The maximum Gasteiger partial charge on any atom is 2.00 e.